The Morgan fingerprint density at radius 2 is 2.10 bits per heavy atom. The molecule has 0 spiro atoms. The van der Waals surface area contributed by atoms with E-state index in [1.54, 1.807) is 4.90 Å². The highest BCUT2D eigenvalue weighted by atomic mass is 16.2. The number of para-hydroxylation sites is 1. The fourth-order valence-corrected chi connectivity index (χ4v) is 3.57. The number of rotatable bonds is 3. The molecular formula is C17H25N3O. The zero-order valence-corrected chi connectivity index (χ0v) is 13.0. The van der Waals surface area contributed by atoms with Gasteiger partial charge in [0.25, 0.3) is 0 Å². The summed E-state index contributed by atoms with van der Waals surface area (Å²) in [7, 11) is 4.06. The number of likely N-dealkylation sites (tertiary alicyclic amines) is 1. The third-order valence-electron chi connectivity index (χ3n) is 4.80. The van der Waals surface area contributed by atoms with Gasteiger partial charge in [-0.25, -0.2) is 0 Å². The van der Waals surface area contributed by atoms with Crippen LogP contribution in [-0.4, -0.2) is 44.5 Å². The second kappa shape index (κ2) is 6.16. The van der Waals surface area contributed by atoms with E-state index in [1.165, 1.54) is 24.9 Å². The summed E-state index contributed by atoms with van der Waals surface area (Å²) in [6.45, 7) is 3.38. The van der Waals surface area contributed by atoms with Crippen LogP contribution in [0, 0.1) is 5.92 Å². The van der Waals surface area contributed by atoms with E-state index in [0.717, 1.165) is 18.8 Å². The van der Waals surface area contributed by atoms with Crippen LogP contribution in [0.4, 0.5) is 5.69 Å². The minimum absolute atomic E-state index is 0.164. The predicted molar refractivity (Wildman–Crippen MR) is 85.4 cm³/mol. The lowest BCUT2D eigenvalue weighted by Gasteiger charge is -2.34. The molecule has 1 saturated heterocycles. The van der Waals surface area contributed by atoms with Gasteiger partial charge in [-0.15, -0.1) is 0 Å². The number of anilines is 1. The van der Waals surface area contributed by atoms with Gasteiger partial charge in [-0.3, -0.25) is 4.79 Å². The number of fused-ring (bicyclic) bond motifs is 1. The normalized spacial score (nSPS) is 26.8. The van der Waals surface area contributed by atoms with Crippen LogP contribution in [0.15, 0.2) is 24.3 Å². The molecule has 1 N–H and O–H groups in total. The van der Waals surface area contributed by atoms with E-state index in [-0.39, 0.29) is 11.9 Å². The standard InChI is InChI=1S/C17H25N3O/c1-19-9-5-6-13(12-19)11-18-15-10-17(21)20(2)16-8-4-3-7-14(15)16/h3-4,7-8,13,15,18H,5-6,9-12H2,1-2H3. The van der Waals surface area contributed by atoms with Crippen LogP contribution in [-0.2, 0) is 4.79 Å². The van der Waals surface area contributed by atoms with Crippen LogP contribution in [0.5, 0.6) is 0 Å². The van der Waals surface area contributed by atoms with E-state index in [4.69, 9.17) is 0 Å². The molecule has 1 amide bonds. The Morgan fingerprint density at radius 1 is 1.29 bits per heavy atom. The van der Waals surface area contributed by atoms with E-state index < -0.39 is 0 Å². The predicted octanol–water partition coefficient (Wildman–Crippen LogP) is 2.03. The Bertz CT molecular complexity index is 517. The van der Waals surface area contributed by atoms with Crippen molar-refractivity contribution in [2.45, 2.75) is 25.3 Å². The molecule has 114 valence electrons. The number of piperidine rings is 1. The monoisotopic (exact) mass is 287 g/mol. The maximum absolute atomic E-state index is 12.1. The Labute approximate surface area is 127 Å². The van der Waals surface area contributed by atoms with Crippen molar-refractivity contribution in [3.63, 3.8) is 0 Å². The molecule has 0 radical (unpaired) electrons. The number of carbonyl (C=O) groups is 1. The van der Waals surface area contributed by atoms with Gasteiger partial charge in [0, 0.05) is 31.7 Å². The van der Waals surface area contributed by atoms with Crippen LogP contribution in [0.1, 0.15) is 30.9 Å². The number of amides is 1. The average Bonchev–Trinajstić information content (AvgIpc) is 2.50. The van der Waals surface area contributed by atoms with Crippen molar-refractivity contribution in [3.8, 4) is 0 Å². The number of hydrogen-bond donors (Lipinski definition) is 1. The van der Waals surface area contributed by atoms with Gasteiger partial charge in [0.1, 0.15) is 0 Å². The first-order chi connectivity index (χ1) is 10.1. The van der Waals surface area contributed by atoms with Crippen molar-refractivity contribution in [3.05, 3.63) is 29.8 Å². The third kappa shape index (κ3) is 3.11. The largest absolute Gasteiger partial charge is 0.315 e. The highest BCUT2D eigenvalue weighted by Gasteiger charge is 2.29. The zero-order chi connectivity index (χ0) is 14.8. The first-order valence-corrected chi connectivity index (χ1v) is 7.92. The Kier molecular flexibility index (Phi) is 4.27. The van der Waals surface area contributed by atoms with Gasteiger partial charge >= 0.3 is 0 Å². The molecule has 2 unspecified atom stereocenters. The van der Waals surface area contributed by atoms with Crippen molar-refractivity contribution in [1.29, 1.82) is 0 Å². The molecule has 2 aliphatic heterocycles. The molecule has 2 heterocycles. The summed E-state index contributed by atoms with van der Waals surface area (Å²) in [5, 5.41) is 3.64. The van der Waals surface area contributed by atoms with Crippen LogP contribution < -0.4 is 10.2 Å². The Morgan fingerprint density at radius 3 is 2.90 bits per heavy atom. The number of nitrogens with one attached hydrogen (secondary N) is 1. The van der Waals surface area contributed by atoms with Gasteiger partial charge in [0.2, 0.25) is 5.91 Å². The maximum Gasteiger partial charge on any atom is 0.228 e. The third-order valence-corrected chi connectivity index (χ3v) is 4.80. The zero-order valence-electron chi connectivity index (χ0n) is 13.0. The summed E-state index contributed by atoms with van der Waals surface area (Å²) in [6, 6.07) is 8.41. The number of benzene rings is 1. The average molecular weight is 287 g/mol. The van der Waals surface area contributed by atoms with Crippen molar-refractivity contribution in [2.75, 3.05) is 38.6 Å². The van der Waals surface area contributed by atoms with Crippen LogP contribution in [0.25, 0.3) is 0 Å². The van der Waals surface area contributed by atoms with E-state index in [9.17, 15) is 4.79 Å². The summed E-state index contributed by atoms with van der Waals surface area (Å²) >= 11 is 0. The van der Waals surface area contributed by atoms with E-state index in [0.29, 0.717) is 12.3 Å². The fraction of sp³-hybridized carbons (Fsp3) is 0.588. The van der Waals surface area contributed by atoms with Crippen molar-refractivity contribution in [2.24, 2.45) is 5.92 Å². The molecule has 0 aromatic heterocycles. The quantitative estimate of drug-likeness (QED) is 0.924. The minimum atomic E-state index is 0.164. The van der Waals surface area contributed by atoms with Gasteiger partial charge in [0.15, 0.2) is 0 Å². The first kappa shape index (κ1) is 14.5. The molecule has 4 nitrogen and oxygen atoms in total. The first-order valence-electron chi connectivity index (χ1n) is 7.92. The summed E-state index contributed by atoms with van der Waals surface area (Å²) in [4.78, 5) is 16.3. The van der Waals surface area contributed by atoms with Gasteiger partial charge < -0.3 is 15.1 Å². The lowest BCUT2D eigenvalue weighted by Crippen LogP contribution is -2.42. The lowest BCUT2D eigenvalue weighted by atomic mass is 9.94. The smallest absolute Gasteiger partial charge is 0.228 e. The van der Waals surface area contributed by atoms with E-state index in [2.05, 4.69) is 29.4 Å². The summed E-state index contributed by atoms with van der Waals surface area (Å²) in [5.41, 5.74) is 2.30. The van der Waals surface area contributed by atoms with Crippen LogP contribution in [0.3, 0.4) is 0 Å². The molecule has 0 bridgehead atoms. The number of carbonyl (C=O) groups excluding carboxylic acids is 1. The SMILES string of the molecule is CN1CCCC(CNC2CC(=O)N(C)c3ccccc32)C1. The number of nitrogens with zero attached hydrogens (tertiary/aromatic N) is 2. The van der Waals surface area contributed by atoms with Gasteiger partial charge in [-0.2, -0.15) is 0 Å². The van der Waals surface area contributed by atoms with Gasteiger partial charge in [-0.05, 0) is 50.5 Å². The molecule has 1 fully saturated rings. The summed E-state index contributed by atoms with van der Waals surface area (Å²) in [6.07, 6.45) is 3.14. The van der Waals surface area contributed by atoms with Gasteiger partial charge in [0.05, 0.1) is 0 Å². The molecule has 3 rings (SSSR count). The number of hydrogen-bond acceptors (Lipinski definition) is 3. The van der Waals surface area contributed by atoms with E-state index in [1.807, 2.05) is 19.2 Å². The minimum Gasteiger partial charge on any atom is -0.315 e. The summed E-state index contributed by atoms with van der Waals surface area (Å²) in [5.74, 6) is 0.901. The maximum atomic E-state index is 12.1. The second-order valence-electron chi connectivity index (χ2n) is 6.45. The molecule has 0 aliphatic carbocycles. The Hall–Kier alpha value is -1.39. The summed E-state index contributed by atoms with van der Waals surface area (Å²) < 4.78 is 0. The Balaban J connectivity index is 1.68. The molecule has 2 atom stereocenters. The van der Waals surface area contributed by atoms with Crippen LogP contribution >= 0.6 is 0 Å². The van der Waals surface area contributed by atoms with Crippen molar-refractivity contribution >= 4 is 11.6 Å². The molecule has 1 aromatic rings. The molecular weight excluding hydrogens is 262 g/mol. The highest BCUT2D eigenvalue weighted by Crippen LogP contribution is 2.33. The molecule has 1 aromatic carbocycles. The second-order valence-corrected chi connectivity index (χ2v) is 6.45. The fourth-order valence-electron chi connectivity index (χ4n) is 3.57. The lowest BCUT2D eigenvalue weighted by molar-refractivity contribution is -0.119. The van der Waals surface area contributed by atoms with Crippen LogP contribution in [0.2, 0.25) is 0 Å². The highest BCUT2D eigenvalue weighted by molar-refractivity contribution is 5.96. The topological polar surface area (TPSA) is 35.6 Å². The van der Waals surface area contributed by atoms with Crippen molar-refractivity contribution < 1.29 is 4.79 Å². The van der Waals surface area contributed by atoms with Gasteiger partial charge in [-0.1, -0.05) is 18.2 Å². The molecule has 2 aliphatic rings. The molecule has 4 heteroatoms. The molecule has 0 saturated carbocycles. The van der Waals surface area contributed by atoms with Crippen molar-refractivity contribution in [1.82, 2.24) is 10.2 Å². The van der Waals surface area contributed by atoms with E-state index >= 15 is 0 Å². The molecule has 21 heavy (non-hydrogen) atoms.